The van der Waals surface area contributed by atoms with Gasteiger partial charge in [-0.15, -0.1) is 0 Å². The van der Waals surface area contributed by atoms with Gasteiger partial charge in [-0.25, -0.2) is 0 Å². The highest BCUT2D eigenvalue weighted by atomic mass is 16.5. The van der Waals surface area contributed by atoms with Crippen LogP contribution >= 0.6 is 0 Å². The lowest BCUT2D eigenvalue weighted by molar-refractivity contribution is 0.113. The molecule has 1 aromatic rings. The molecule has 2 aliphatic heterocycles. The predicted molar refractivity (Wildman–Crippen MR) is 106 cm³/mol. The summed E-state index contributed by atoms with van der Waals surface area (Å²) in [7, 11) is 0. The second-order valence-corrected chi connectivity index (χ2v) is 7.67. The highest BCUT2D eigenvalue weighted by Crippen LogP contribution is 2.27. The molecule has 0 amide bonds. The highest BCUT2D eigenvalue weighted by molar-refractivity contribution is 5.48. The van der Waals surface area contributed by atoms with Crippen molar-refractivity contribution < 1.29 is 9.47 Å². The second kappa shape index (κ2) is 10.7. The van der Waals surface area contributed by atoms with Gasteiger partial charge in [0.15, 0.2) is 0 Å². The fourth-order valence-corrected chi connectivity index (χ4v) is 3.83. The molecule has 2 saturated heterocycles. The number of piperidine rings is 1. The van der Waals surface area contributed by atoms with Gasteiger partial charge in [0.2, 0.25) is 0 Å². The number of nitrogens with zero attached hydrogens (tertiary/aromatic N) is 2. The third kappa shape index (κ3) is 6.13. The molecule has 146 valence electrons. The lowest BCUT2D eigenvalue weighted by atomic mass is 9.94. The van der Waals surface area contributed by atoms with Crippen LogP contribution in [-0.4, -0.2) is 50.5 Å². The van der Waals surface area contributed by atoms with Crippen LogP contribution in [0.1, 0.15) is 51.9 Å². The Morgan fingerprint density at radius 2 is 2.08 bits per heavy atom. The smallest absolute Gasteiger partial charge is 0.139 e. The van der Waals surface area contributed by atoms with Crippen molar-refractivity contribution in [1.29, 1.82) is 0 Å². The summed E-state index contributed by atoms with van der Waals surface area (Å²) in [6.07, 6.45) is 12.4. The van der Waals surface area contributed by atoms with E-state index in [0.717, 1.165) is 51.1 Å². The summed E-state index contributed by atoms with van der Waals surface area (Å²) < 4.78 is 11.7. The Morgan fingerprint density at radius 3 is 2.85 bits per heavy atom. The number of anilines is 1. The van der Waals surface area contributed by atoms with Crippen molar-refractivity contribution in [1.82, 2.24) is 10.3 Å². The highest BCUT2D eigenvalue weighted by Gasteiger charge is 2.20. The minimum absolute atomic E-state index is 0.494. The van der Waals surface area contributed by atoms with Crippen molar-refractivity contribution in [3.05, 3.63) is 18.5 Å². The van der Waals surface area contributed by atoms with Gasteiger partial charge in [-0.2, -0.15) is 0 Å². The number of nitrogens with one attached hydrogen (secondary N) is 1. The van der Waals surface area contributed by atoms with E-state index in [1.165, 1.54) is 50.6 Å². The van der Waals surface area contributed by atoms with E-state index in [4.69, 9.17) is 9.47 Å². The average molecular weight is 362 g/mol. The van der Waals surface area contributed by atoms with Crippen LogP contribution < -0.4 is 15.0 Å². The zero-order valence-electron chi connectivity index (χ0n) is 16.3. The number of hydrogen-bond donors (Lipinski definition) is 1. The minimum Gasteiger partial charge on any atom is -0.490 e. The Morgan fingerprint density at radius 1 is 1.19 bits per heavy atom. The lowest BCUT2D eigenvalue weighted by Gasteiger charge is -2.33. The SMILES string of the molecule is CCCCOCCC1CCN(c2cncc(OC[C@H]3CCCN3)c2)CC1. The van der Waals surface area contributed by atoms with Gasteiger partial charge in [0.1, 0.15) is 12.4 Å². The molecular formula is C21H35N3O2. The summed E-state index contributed by atoms with van der Waals surface area (Å²) in [5.74, 6) is 1.69. The number of ether oxygens (including phenoxy) is 2. The number of rotatable bonds is 10. The largest absolute Gasteiger partial charge is 0.490 e. The standard InChI is InChI=1S/C21H35N3O2/c1-2-3-12-25-13-8-18-6-10-24(11-7-18)20-14-21(16-22-15-20)26-17-19-5-4-9-23-19/h14-16,18-19,23H,2-13,17H2,1H3/t19-/m1/s1. The first kappa shape index (κ1) is 19.4. The molecule has 1 aromatic heterocycles. The van der Waals surface area contributed by atoms with Crippen LogP contribution in [-0.2, 0) is 4.74 Å². The Kier molecular flexibility index (Phi) is 8.02. The fraction of sp³-hybridized carbons (Fsp3) is 0.762. The molecule has 1 N–H and O–H groups in total. The monoisotopic (exact) mass is 361 g/mol. The summed E-state index contributed by atoms with van der Waals surface area (Å²) in [5, 5.41) is 3.47. The van der Waals surface area contributed by atoms with E-state index in [9.17, 15) is 0 Å². The van der Waals surface area contributed by atoms with Crippen molar-refractivity contribution in [2.75, 3.05) is 44.4 Å². The van der Waals surface area contributed by atoms with E-state index in [1.807, 2.05) is 12.4 Å². The zero-order chi connectivity index (χ0) is 18.0. The van der Waals surface area contributed by atoms with Gasteiger partial charge in [0.25, 0.3) is 0 Å². The van der Waals surface area contributed by atoms with Crippen LogP contribution in [0, 0.1) is 5.92 Å². The van der Waals surface area contributed by atoms with E-state index in [-0.39, 0.29) is 0 Å². The lowest BCUT2D eigenvalue weighted by Crippen LogP contribution is -2.34. The summed E-state index contributed by atoms with van der Waals surface area (Å²) in [6.45, 7) is 8.12. The van der Waals surface area contributed by atoms with Crippen molar-refractivity contribution >= 4 is 5.69 Å². The number of unbranched alkanes of at least 4 members (excludes halogenated alkanes) is 1. The molecule has 0 spiro atoms. The molecule has 5 heteroatoms. The summed E-state index contributed by atoms with van der Waals surface area (Å²) in [5.41, 5.74) is 1.19. The van der Waals surface area contributed by atoms with Gasteiger partial charge in [0.05, 0.1) is 18.1 Å². The van der Waals surface area contributed by atoms with Crippen LogP contribution in [0.2, 0.25) is 0 Å². The van der Waals surface area contributed by atoms with E-state index in [1.54, 1.807) is 0 Å². The normalized spacial score (nSPS) is 21.3. The van der Waals surface area contributed by atoms with Crippen LogP contribution in [0.25, 0.3) is 0 Å². The third-order valence-electron chi connectivity index (χ3n) is 5.60. The average Bonchev–Trinajstić information content (AvgIpc) is 3.21. The van der Waals surface area contributed by atoms with Crippen LogP contribution in [0.3, 0.4) is 0 Å². The van der Waals surface area contributed by atoms with E-state index in [0.29, 0.717) is 6.04 Å². The van der Waals surface area contributed by atoms with Crippen molar-refractivity contribution in [3.63, 3.8) is 0 Å². The molecule has 0 saturated carbocycles. The molecule has 1 atom stereocenters. The maximum absolute atomic E-state index is 5.96. The molecule has 5 nitrogen and oxygen atoms in total. The molecule has 2 aliphatic rings. The quantitative estimate of drug-likeness (QED) is 0.645. The number of hydrogen-bond acceptors (Lipinski definition) is 5. The molecule has 3 heterocycles. The van der Waals surface area contributed by atoms with E-state index in [2.05, 4.69) is 28.2 Å². The first-order valence-corrected chi connectivity index (χ1v) is 10.5. The number of pyridine rings is 1. The predicted octanol–water partition coefficient (Wildman–Crippen LogP) is 3.64. The van der Waals surface area contributed by atoms with E-state index < -0.39 is 0 Å². The zero-order valence-corrected chi connectivity index (χ0v) is 16.3. The molecule has 3 rings (SSSR count). The Bertz CT molecular complexity index is 512. The molecule has 0 radical (unpaired) electrons. The molecule has 0 bridgehead atoms. The fourth-order valence-electron chi connectivity index (χ4n) is 3.83. The van der Waals surface area contributed by atoms with Gasteiger partial charge >= 0.3 is 0 Å². The molecule has 0 aromatic carbocycles. The van der Waals surface area contributed by atoms with E-state index >= 15 is 0 Å². The van der Waals surface area contributed by atoms with Crippen molar-refractivity contribution in [2.45, 2.75) is 57.9 Å². The Hall–Kier alpha value is -1.33. The van der Waals surface area contributed by atoms with Gasteiger partial charge in [-0.3, -0.25) is 4.98 Å². The van der Waals surface area contributed by atoms with Crippen molar-refractivity contribution in [3.8, 4) is 5.75 Å². The molecule has 26 heavy (non-hydrogen) atoms. The first-order chi connectivity index (χ1) is 12.8. The first-order valence-electron chi connectivity index (χ1n) is 10.5. The molecule has 0 unspecified atom stereocenters. The van der Waals surface area contributed by atoms with Crippen LogP contribution in [0.5, 0.6) is 5.75 Å². The third-order valence-corrected chi connectivity index (χ3v) is 5.60. The van der Waals surface area contributed by atoms with Crippen molar-refractivity contribution in [2.24, 2.45) is 5.92 Å². The summed E-state index contributed by atoms with van der Waals surface area (Å²) >= 11 is 0. The van der Waals surface area contributed by atoms with Crippen LogP contribution in [0.4, 0.5) is 5.69 Å². The topological polar surface area (TPSA) is 46.6 Å². The Balaban J connectivity index is 1.39. The second-order valence-electron chi connectivity index (χ2n) is 7.67. The maximum Gasteiger partial charge on any atom is 0.139 e. The van der Waals surface area contributed by atoms with Gasteiger partial charge < -0.3 is 19.7 Å². The molecule has 2 fully saturated rings. The maximum atomic E-state index is 5.96. The summed E-state index contributed by atoms with van der Waals surface area (Å²) in [4.78, 5) is 6.84. The minimum atomic E-state index is 0.494. The molecule has 0 aliphatic carbocycles. The van der Waals surface area contributed by atoms with Gasteiger partial charge in [-0.1, -0.05) is 13.3 Å². The number of aromatic nitrogens is 1. The molecular weight excluding hydrogens is 326 g/mol. The Labute approximate surface area is 158 Å². The van der Waals surface area contributed by atoms with Gasteiger partial charge in [0, 0.05) is 38.4 Å². The summed E-state index contributed by atoms with van der Waals surface area (Å²) in [6, 6.07) is 2.64. The van der Waals surface area contributed by atoms with Gasteiger partial charge in [-0.05, 0) is 51.0 Å². The van der Waals surface area contributed by atoms with Crippen LogP contribution in [0.15, 0.2) is 18.5 Å².